The summed E-state index contributed by atoms with van der Waals surface area (Å²) in [6.45, 7) is 5.46. The second kappa shape index (κ2) is 11.8. The van der Waals surface area contributed by atoms with Gasteiger partial charge in [0.1, 0.15) is 35.4 Å². The lowest BCUT2D eigenvalue weighted by molar-refractivity contribution is -0.258. The minimum Gasteiger partial charge on any atom is -0.457 e. The number of rotatable bonds is 6. The molecule has 5 atom stereocenters. The van der Waals surface area contributed by atoms with Crippen LogP contribution in [0.4, 0.5) is 5.69 Å². The van der Waals surface area contributed by atoms with Crippen molar-refractivity contribution in [3.05, 3.63) is 59.9 Å². The molecule has 3 heterocycles. The normalized spacial score (nSPS) is 26.1. The molecule has 0 spiro atoms. The summed E-state index contributed by atoms with van der Waals surface area (Å²) >= 11 is 0. The number of furan rings is 1. The first-order chi connectivity index (χ1) is 19.2. The monoisotopic (exact) mass is 546 g/mol. The summed E-state index contributed by atoms with van der Waals surface area (Å²) in [6, 6.07) is 17.9. The summed E-state index contributed by atoms with van der Waals surface area (Å²) in [6.07, 6.45) is -3.45. The highest BCUT2D eigenvalue weighted by molar-refractivity contribution is 6.01. The van der Waals surface area contributed by atoms with E-state index in [1.54, 1.807) is 19.1 Å². The number of carbonyl (C=O) groups is 1. The number of aliphatic hydroxyl groups excluding tert-OH is 3. The van der Waals surface area contributed by atoms with Crippen molar-refractivity contribution in [1.29, 1.82) is 5.26 Å². The van der Waals surface area contributed by atoms with Crippen LogP contribution < -0.4 is 10.2 Å². The van der Waals surface area contributed by atoms with Gasteiger partial charge in [-0.05, 0) is 48.2 Å². The Morgan fingerprint density at radius 2 is 1.77 bits per heavy atom. The lowest BCUT2D eigenvalue weighted by Crippen LogP contribution is -2.56. The number of fused-ring (bicyclic) bond motifs is 1. The van der Waals surface area contributed by atoms with Crippen LogP contribution in [0.2, 0.25) is 0 Å². The number of aliphatic hydroxyl groups is 3. The van der Waals surface area contributed by atoms with E-state index in [-0.39, 0.29) is 12.1 Å². The molecule has 1 amide bonds. The Hall–Kier alpha value is -3.72. The zero-order valence-corrected chi connectivity index (χ0v) is 22.5. The van der Waals surface area contributed by atoms with Crippen LogP contribution in [0.15, 0.2) is 58.5 Å². The topological polar surface area (TPSA) is 142 Å². The van der Waals surface area contributed by atoms with Gasteiger partial charge in [0, 0.05) is 56.0 Å². The Balaban J connectivity index is 1.25. The number of nitrogens with one attached hydrogen (secondary N) is 1. The van der Waals surface area contributed by atoms with Crippen LogP contribution in [0.25, 0.3) is 28.2 Å². The average molecular weight is 547 g/mol. The summed E-state index contributed by atoms with van der Waals surface area (Å²) in [5.41, 5.74) is 1.89. The maximum absolute atomic E-state index is 12.6. The highest BCUT2D eigenvalue weighted by atomic mass is 16.6. The van der Waals surface area contributed by atoms with Crippen molar-refractivity contribution in [2.24, 2.45) is 5.92 Å². The van der Waals surface area contributed by atoms with Crippen LogP contribution in [-0.4, -0.2) is 90.5 Å². The lowest BCUT2D eigenvalue weighted by atomic mass is 9.92. The molecule has 2 aliphatic rings. The number of benzene rings is 2. The third kappa shape index (κ3) is 5.89. The molecule has 1 unspecified atom stereocenters. The molecule has 4 N–H and O–H groups in total. The summed E-state index contributed by atoms with van der Waals surface area (Å²) in [5.74, 6) is -0.432. The van der Waals surface area contributed by atoms with Crippen molar-refractivity contribution in [3.63, 3.8) is 0 Å². The Morgan fingerprint density at radius 3 is 2.52 bits per heavy atom. The first-order valence-electron chi connectivity index (χ1n) is 13.4. The largest absolute Gasteiger partial charge is 0.457 e. The molecule has 2 fully saturated rings. The second-order valence-electron chi connectivity index (χ2n) is 10.5. The third-order valence-corrected chi connectivity index (χ3v) is 7.75. The molecule has 2 saturated heterocycles. The standard InChI is InChI=1S/C30H34N4O6/c1-18-27(35)28(36)26(40-30(18)38)17-32-29(37)22(16-31)15-24-7-8-25(39-24)21-4-3-20-14-23(6-5-19(20)13-21)34-11-9-33(2)10-12-34/h3-8,13-15,18,26-28,30,35-36,38H,9-12,17H2,1-2H3,(H,32,37)/b22-15+/t18-,26-,27-,28-,30?/m1/s1. The number of hydrogen-bond donors (Lipinski definition) is 4. The Morgan fingerprint density at radius 1 is 1.05 bits per heavy atom. The number of piperazine rings is 1. The van der Waals surface area contributed by atoms with Crippen LogP contribution >= 0.6 is 0 Å². The molecule has 2 aliphatic heterocycles. The van der Waals surface area contributed by atoms with E-state index < -0.39 is 36.4 Å². The molecule has 0 radical (unpaired) electrons. The average Bonchev–Trinajstić information content (AvgIpc) is 3.44. The van der Waals surface area contributed by atoms with Crippen molar-refractivity contribution in [2.75, 3.05) is 44.7 Å². The fourth-order valence-corrected chi connectivity index (χ4v) is 5.06. The molecular weight excluding hydrogens is 512 g/mol. The van der Waals surface area contributed by atoms with Gasteiger partial charge in [-0.2, -0.15) is 5.26 Å². The number of hydrogen-bond acceptors (Lipinski definition) is 9. The molecule has 2 aromatic carbocycles. The number of nitrogens with zero attached hydrogens (tertiary/aromatic N) is 3. The zero-order chi connectivity index (χ0) is 28.4. The summed E-state index contributed by atoms with van der Waals surface area (Å²) in [7, 11) is 2.14. The van der Waals surface area contributed by atoms with Crippen molar-refractivity contribution in [3.8, 4) is 17.4 Å². The molecule has 40 heavy (non-hydrogen) atoms. The predicted molar refractivity (Wildman–Crippen MR) is 150 cm³/mol. The quantitative estimate of drug-likeness (QED) is 0.270. The van der Waals surface area contributed by atoms with E-state index in [1.165, 1.54) is 11.8 Å². The molecule has 10 nitrogen and oxygen atoms in total. The smallest absolute Gasteiger partial charge is 0.262 e. The molecule has 0 saturated carbocycles. The number of amides is 1. The van der Waals surface area contributed by atoms with Gasteiger partial charge in [0.2, 0.25) is 0 Å². The Labute approximate surface area is 232 Å². The number of nitriles is 1. The summed E-state index contributed by atoms with van der Waals surface area (Å²) in [5, 5.41) is 44.4. The lowest BCUT2D eigenvalue weighted by Gasteiger charge is -2.39. The molecule has 5 rings (SSSR count). The van der Waals surface area contributed by atoms with Gasteiger partial charge in [-0.15, -0.1) is 0 Å². The SMILES string of the molecule is C[C@H]1C(O)O[C@H](CNC(=O)/C(C#N)=C/c2ccc(-c3ccc4cc(N5CCN(C)CC5)ccc4c3)o2)[C@@H](O)[C@@H]1O. The van der Waals surface area contributed by atoms with E-state index in [2.05, 4.69) is 46.4 Å². The third-order valence-electron chi connectivity index (χ3n) is 7.75. The highest BCUT2D eigenvalue weighted by Crippen LogP contribution is 2.30. The van der Waals surface area contributed by atoms with Crippen LogP contribution in [0.5, 0.6) is 0 Å². The number of carbonyl (C=O) groups excluding carboxylic acids is 1. The van der Waals surface area contributed by atoms with Crippen LogP contribution in [0, 0.1) is 17.2 Å². The molecule has 0 aliphatic carbocycles. The van der Waals surface area contributed by atoms with E-state index in [4.69, 9.17) is 9.15 Å². The summed E-state index contributed by atoms with van der Waals surface area (Å²) in [4.78, 5) is 17.4. The Kier molecular flexibility index (Phi) is 8.21. The van der Waals surface area contributed by atoms with E-state index in [9.17, 15) is 25.4 Å². The van der Waals surface area contributed by atoms with Crippen LogP contribution in [0.1, 0.15) is 12.7 Å². The van der Waals surface area contributed by atoms with Crippen LogP contribution in [0.3, 0.4) is 0 Å². The first kappa shape index (κ1) is 27.8. The highest BCUT2D eigenvalue weighted by Gasteiger charge is 2.41. The van der Waals surface area contributed by atoms with Gasteiger partial charge < -0.3 is 39.6 Å². The minimum atomic E-state index is -1.29. The van der Waals surface area contributed by atoms with Crippen molar-refractivity contribution in [2.45, 2.75) is 31.5 Å². The maximum Gasteiger partial charge on any atom is 0.262 e. The fraction of sp³-hybridized carbons (Fsp3) is 0.400. The zero-order valence-electron chi connectivity index (χ0n) is 22.5. The van der Waals surface area contributed by atoms with Gasteiger partial charge in [0.05, 0.1) is 6.10 Å². The van der Waals surface area contributed by atoms with Crippen molar-refractivity contribution < 1.29 is 29.3 Å². The first-order valence-corrected chi connectivity index (χ1v) is 13.4. The molecule has 210 valence electrons. The molecule has 3 aromatic rings. The molecule has 1 aromatic heterocycles. The van der Waals surface area contributed by atoms with Gasteiger partial charge in [0.15, 0.2) is 6.29 Å². The van der Waals surface area contributed by atoms with E-state index >= 15 is 0 Å². The number of anilines is 1. The van der Waals surface area contributed by atoms with Crippen molar-refractivity contribution in [1.82, 2.24) is 10.2 Å². The minimum absolute atomic E-state index is 0.198. The van der Waals surface area contributed by atoms with Gasteiger partial charge in [-0.3, -0.25) is 4.79 Å². The maximum atomic E-state index is 12.6. The van der Waals surface area contributed by atoms with E-state index in [0.29, 0.717) is 11.5 Å². The van der Waals surface area contributed by atoms with Crippen LogP contribution in [-0.2, 0) is 9.53 Å². The van der Waals surface area contributed by atoms with Gasteiger partial charge in [0.25, 0.3) is 5.91 Å². The Bertz CT molecular complexity index is 1440. The molecule has 10 heteroatoms. The van der Waals surface area contributed by atoms with Gasteiger partial charge >= 0.3 is 0 Å². The number of likely N-dealkylation sites (N-methyl/N-ethyl adjacent to an activating group) is 1. The fourth-order valence-electron chi connectivity index (χ4n) is 5.06. The van der Waals surface area contributed by atoms with E-state index in [0.717, 1.165) is 42.5 Å². The van der Waals surface area contributed by atoms with Gasteiger partial charge in [-0.1, -0.05) is 25.1 Å². The second-order valence-corrected chi connectivity index (χ2v) is 10.5. The molecular formula is C30H34N4O6. The molecule has 0 bridgehead atoms. The number of ether oxygens (including phenoxy) is 1. The van der Waals surface area contributed by atoms with Crippen molar-refractivity contribution >= 4 is 28.4 Å². The summed E-state index contributed by atoms with van der Waals surface area (Å²) < 4.78 is 11.2. The predicted octanol–water partition coefficient (Wildman–Crippen LogP) is 1.95. The van der Waals surface area contributed by atoms with Gasteiger partial charge in [-0.25, -0.2) is 0 Å². The van der Waals surface area contributed by atoms with E-state index in [1.807, 2.05) is 18.2 Å².